The molecule has 0 heterocycles. The van der Waals surface area contributed by atoms with E-state index in [9.17, 15) is 0 Å². The number of rotatable bonds is 7. The Kier molecular flexibility index (Phi) is 9.64. The van der Waals surface area contributed by atoms with Crippen LogP contribution in [0.15, 0.2) is 12.2 Å². The summed E-state index contributed by atoms with van der Waals surface area (Å²) in [5, 5.41) is 0. The highest BCUT2D eigenvalue weighted by molar-refractivity contribution is 5.18. The van der Waals surface area contributed by atoms with Crippen molar-refractivity contribution in [3.8, 4) is 11.8 Å². The Morgan fingerprint density at radius 3 is 2.08 bits per heavy atom. The molecule has 0 aromatic heterocycles. The molecule has 0 aromatic rings. The van der Waals surface area contributed by atoms with Gasteiger partial charge in [0.25, 0.3) is 0 Å². The fourth-order valence-electron chi connectivity index (χ4n) is 4.71. The van der Waals surface area contributed by atoms with Crippen molar-refractivity contribution >= 4 is 0 Å². The van der Waals surface area contributed by atoms with Crippen LogP contribution in [0.25, 0.3) is 0 Å². The van der Waals surface area contributed by atoms with Gasteiger partial charge < -0.3 is 0 Å². The van der Waals surface area contributed by atoms with Crippen molar-refractivity contribution < 1.29 is 0 Å². The highest BCUT2D eigenvalue weighted by atomic mass is 14.2. The second kappa shape index (κ2) is 11.8. The third-order valence-electron chi connectivity index (χ3n) is 6.39. The SMILES string of the molecule is CCCCC[C@H]1CC[C@H](C#CC=C[C@H]2CC[C@H](CCC)CC2)CC1. The van der Waals surface area contributed by atoms with Crippen LogP contribution in [0.5, 0.6) is 0 Å². The van der Waals surface area contributed by atoms with E-state index in [-0.39, 0.29) is 0 Å². The first kappa shape index (κ1) is 19.6. The number of allylic oxidation sites excluding steroid dienone is 2. The van der Waals surface area contributed by atoms with E-state index in [2.05, 4.69) is 37.8 Å². The monoisotopic (exact) mass is 328 g/mol. The zero-order valence-electron chi connectivity index (χ0n) is 16.4. The van der Waals surface area contributed by atoms with Gasteiger partial charge in [0, 0.05) is 5.92 Å². The van der Waals surface area contributed by atoms with Gasteiger partial charge in [0.2, 0.25) is 0 Å². The molecule has 0 saturated heterocycles. The summed E-state index contributed by atoms with van der Waals surface area (Å²) in [6, 6.07) is 0. The number of unbranched alkanes of at least 4 members (excludes halogenated alkanes) is 2. The molecule has 0 N–H and O–H groups in total. The minimum atomic E-state index is 0.678. The molecule has 0 bridgehead atoms. The molecule has 0 amide bonds. The molecule has 2 aliphatic carbocycles. The fraction of sp³-hybridized carbons (Fsp3) is 0.833. The zero-order chi connectivity index (χ0) is 17.0. The van der Waals surface area contributed by atoms with Crippen LogP contribution in [-0.4, -0.2) is 0 Å². The lowest BCUT2D eigenvalue weighted by Gasteiger charge is -2.26. The molecule has 2 rings (SSSR count). The Balaban J connectivity index is 1.60. The first-order chi connectivity index (χ1) is 11.8. The molecule has 0 radical (unpaired) electrons. The van der Waals surface area contributed by atoms with Gasteiger partial charge >= 0.3 is 0 Å². The smallest absolute Gasteiger partial charge is 0.0206 e. The minimum absolute atomic E-state index is 0.678. The van der Waals surface area contributed by atoms with E-state index in [0.29, 0.717) is 5.92 Å². The van der Waals surface area contributed by atoms with Crippen LogP contribution in [0.4, 0.5) is 0 Å². The van der Waals surface area contributed by atoms with Crippen LogP contribution >= 0.6 is 0 Å². The number of hydrogen-bond donors (Lipinski definition) is 0. The van der Waals surface area contributed by atoms with Crippen LogP contribution < -0.4 is 0 Å². The molecule has 0 unspecified atom stereocenters. The van der Waals surface area contributed by atoms with E-state index in [1.54, 1.807) is 0 Å². The van der Waals surface area contributed by atoms with Crippen molar-refractivity contribution in [1.29, 1.82) is 0 Å². The van der Waals surface area contributed by atoms with E-state index >= 15 is 0 Å². The van der Waals surface area contributed by atoms with Crippen molar-refractivity contribution in [3.05, 3.63) is 12.2 Å². The maximum atomic E-state index is 3.54. The second-order valence-corrected chi connectivity index (χ2v) is 8.43. The van der Waals surface area contributed by atoms with Crippen LogP contribution in [0, 0.1) is 35.5 Å². The predicted octanol–water partition coefficient (Wildman–Crippen LogP) is 7.54. The molecule has 24 heavy (non-hydrogen) atoms. The Bertz CT molecular complexity index is 391. The molecular weight excluding hydrogens is 288 g/mol. The van der Waals surface area contributed by atoms with Crippen molar-refractivity contribution in [2.24, 2.45) is 23.7 Å². The van der Waals surface area contributed by atoms with E-state index < -0.39 is 0 Å². The molecule has 2 aliphatic rings. The van der Waals surface area contributed by atoms with Crippen LogP contribution in [0.3, 0.4) is 0 Å². The fourth-order valence-corrected chi connectivity index (χ4v) is 4.71. The quantitative estimate of drug-likeness (QED) is 0.334. The molecule has 0 atom stereocenters. The summed E-state index contributed by atoms with van der Waals surface area (Å²) in [5.74, 6) is 10.4. The van der Waals surface area contributed by atoms with Gasteiger partial charge in [0.1, 0.15) is 0 Å². The van der Waals surface area contributed by atoms with Crippen molar-refractivity contribution in [3.63, 3.8) is 0 Å². The molecule has 2 saturated carbocycles. The van der Waals surface area contributed by atoms with E-state index in [1.807, 2.05) is 0 Å². The lowest BCUT2D eigenvalue weighted by Crippen LogP contribution is -2.13. The maximum Gasteiger partial charge on any atom is 0.0206 e. The summed E-state index contributed by atoms with van der Waals surface area (Å²) in [6.07, 6.45) is 24.3. The van der Waals surface area contributed by atoms with Crippen LogP contribution in [0.2, 0.25) is 0 Å². The largest absolute Gasteiger partial charge is 0.0951 e. The van der Waals surface area contributed by atoms with Gasteiger partial charge in [-0.25, -0.2) is 0 Å². The lowest BCUT2D eigenvalue weighted by atomic mass is 9.79. The Morgan fingerprint density at radius 1 is 0.750 bits per heavy atom. The van der Waals surface area contributed by atoms with Gasteiger partial charge in [-0.1, -0.05) is 70.3 Å². The zero-order valence-corrected chi connectivity index (χ0v) is 16.4. The second-order valence-electron chi connectivity index (χ2n) is 8.43. The average Bonchev–Trinajstić information content (AvgIpc) is 2.62. The summed E-state index contributed by atoms with van der Waals surface area (Å²) in [6.45, 7) is 4.62. The molecule has 0 nitrogen and oxygen atoms in total. The summed E-state index contributed by atoms with van der Waals surface area (Å²) in [4.78, 5) is 0. The topological polar surface area (TPSA) is 0 Å². The third kappa shape index (κ3) is 7.46. The number of hydrogen-bond acceptors (Lipinski definition) is 0. The van der Waals surface area contributed by atoms with E-state index in [0.717, 1.165) is 17.8 Å². The molecular formula is C24H40. The van der Waals surface area contributed by atoms with Crippen molar-refractivity contribution in [2.75, 3.05) is 0 Å². The molecule has 0 aromatic carbocycles. The van der Waals surface area contributed by atoms with Gasteiger partial charge in [0.05, 0.1) is 0 Å². The van der Waals surface area contributed by atoms with E-state index in [4.69, 9.17) is 0 Å². The van der Waals surface area contributed by atoms with Gasteiger partial charge in [-0.05, 0) is 75.2 Å². The predicted molar refractivity (Wildman–Crippen MR) is 107 cm³/mol. The normalized spacial score (nSPS) is 30.9. The highest BCUT2D eigenvalue weighted by Crippen LogP contribution is 2.33. The van der Waals surface area contributed by atoms with Gasteiger partial charge in [-0.3, -0.25) is 0 Å². The Hall–Kier alpha value is -0.700. The van der Waals surface area contributed by atoms with Gasteiger partial charge in [0.15, 0.2) is 0 Å². The molecule has 136 valence electrons. The standard InChI is InChI=1S/C24H40/c1-3-5-6-10-22-17-19-24(20-18-22)12-8-7-11-23-15-13-21(9-4-2)14-16-23/h7,11,21-24H,3-6,9-10,13-20H2,1-2H3/t21-,22-,23-,24-. The summed E-state index contributed by atoms with van der Waals surface area (Å²) in [5.41, 5.74) is 0. The summed E-state index contributed by atoms with van der Waals surface area (Å²) < 4.78 is 0. The third-order valence-corrected chi connectivity index (χ3v) is 6.39. The maximum absolute atomic E-state index is 3.54. The highest BCUT2D eigenvalue weighted by Gasteiger charge is 2.19. The summed E-state index contributed by atoms with van der Waals surface area (Å²) in [7, 11) is 0. The van der Waals surface area contributed by atoms with Crippen LogP contribution in [-0.2, 0) is 0 Å². The molecule has 0 spiro atoms. The summed E-state index contributed by atoms with van der Waals surface area (Å²) >= 11 is 0. The Labute approximate surface area is 151 Å². The molecule has 2 fully saturated rings. The van der Waals surface area contributed by atoms with Crippen LogP contribution in [0.1, 0.15) is 104 Å². The Morgan fingerprint density at radius 2 is 1.42 bits per heavy atom. The van der Waals surface area contributed by atoms with Crippen molar-refractivity contribution in [1.82, 2.24) is 0 Å². The van der Waals surface area contributed by atoms with E-state index in [1.165, 1.54) is 89.9 Å². The van der Waals surface area contributed by atoms with Gasteiger partial charge in [-0.2, -0.15) is 0 Å². The minimum Gasteiger partial charge on any atom is -0.0951 e. The van der Waals surface area contributed by atoms with Gasteiger partial charge in [-0.15, -0.1) is 0 Å². The average molecular weight is 329 g/mol. The first-order valence-corrected chi connectivity index (χ1v) is 11.0. The van der Waals surface area contributed by atoms with Crippen molar-refractivity contribution in [2.45, 2.75) is 104 Å². The first-order valence-electron chi connectivity index (χ1n) is 11.0. The molecule has 0 aliphatic heterocycles. The molecule has 0 heteroatoms. The lowest BCUT2D eigenvalue weighted by molar-refractivity contribution is 0.294.